The fourth-order valence-electron chi connectivity index (χ4n) is 1.51. The van der Waals surface area contributed by atoms with Crippen LogP contribution in [0.5, 0.6) is 0 Å². The second-order valence-corrected chi connectivity index (χ2v) is 5.43. The zero-order valence-corrected chi connectivity index (χ0v) is 11.9. The Morgan fingerprint density at radius 1 is 1.28 bits per heavy atom. The first kappa shape index (κ1) is 13.4. The van der Waals surface area contributed by atoms with E-state index in [1.165, 1.54) is 7.11 Å². The molecule has 94 valence electrons. The molecule has 0 bridgehead atoms. The first-order chi connectivity index (χ1) is 8.60. The van der Waals surface area contributed by atoms with Crippen LogP contribution in [0.3, 0.4) is 0 Å². The van der Waals surface area contributed by atoms with Gasteiger partial charge in [-0.25, -0.2) is 0 Å². The lowest BCUT2D eigenvalue weighted by Gasteiger charge is -2.00. The Balaban J connectivity index is 2.23. The third-order valence-corrected chi connectivity index (χ3v) is 4.20. The van der Waals surface area contributed by atoms with Crippen molar-refractivity contribution < 1.29 is 9.53 Å². The van der Waals surface area contributed by atoms with Crippen molar-refractivity contribution >= 4 is 40.5 Å². The summed E-state index contributed by atoms with van der Waals surface area (Å²) in [4.78, 5) is 12.2. The molecule has 5 heteroatoms. The molecule has 0 aliphatic rings. The summed E-state index contributed by atoms with van der Waals surface area (Å²) in [7, 11) is 1.38. The molecule has 0 amide bonds. The van der Waals surface area contributed by atoms with Crippen molar-refractivity contribution in [2.45, 2.75) is 6.42 Å². The van der Waals surface area contributed by atoms with Crippen LogP contribution in [0, 0.1) is 0 Å². The van der Waals surface area contributed by atoms with Gasteiger partial charge < -0.3 is 4.74 Å². The molecule has 0 fully saturated rings. The molecule has 0 spiro atoms. The summed E-state index contributed by atoms with van der Waals surface area (Å²) in [6.07, 6.45) is 0.286. The number of thiophene rings is 1. The fraction of sp³-hybridized carbons (Fsp3) is 0.154. The van der Waals surface area contributed by atoms with Crippen molar-refractivity contribution in [1.82, 2.24) is 0 Å². The van der Waals surface area contributed by atoms with Gasteiger partial charge in [-0.1, -0.05) is 29.3 Å². The molecule has 2 nitrogen and oxygen atoms in total. The van der Waals surface area contributed by atoms with Gasteiger partial charge >= 0.3 is 5.97 Å². The zero-order valence-electron chi connectivity index (χ0n) is 9.57. The summed E-state index contributed by atoms with van der Waals surface area (Å²) in [6, 6.07) is 7.44. The highest BCUT2D eigenvalue weighted by Crippen LogP contribution is 2.32. The number of carbonyl (C=O) groups excluding carboxylic acids is 1. The molecular weight excluding hydrogens is 291 g/mol. The third-order valence-electron chi connectivity index (χ3n) is 2.43. The van der Waals surface area contributed by atoms with E-state index in [9.17, 15) is 4.79 Å². The van der Waals surface area contributed by atoms with E-state index in [-0.39, 0.29) is 12.4 Å². The number of hydrogen-bond donors (Lipinski definition) is 0. The lowest BCUT2D eigenvalue weighted by atomic mass is 10.1. The first-order valence-electron chi connectivity index (χ1n) is 5.20. The Bertz CT molecular complexity index is 578. The van der Waals surface area contributed by atoms with E-state index in [2.05, 4.69) is 4.74 Å². The average molecular weight is 301 g/mol. The minimum Gasteiger partial charge on any atom is -0.469 e. The summed E-state index contributed by atoms with van der Waals surface area (Å²) >= 11 is 13.4. The molecule has 1 aromatic carbocycles. The fourth-order valence-corrected chi connectivity index (χ4v) is 2.72. The number of ether oxygens (including phenoxy) is 1. The van der Waals surface area contributed by atoms with Crippen molar-refractivity contribution in [2.75, 3.05) is 7.11 Å². The molecule has 2 aromatic rings. The predicted octanol–water partition coefficient (Wildman–Crippen LogP) is 4.44. The smallest absolute Gasteiger partial charge is 0.310 e. The summed E-state index contributed by atoms with van der Waals surface area (Å²) in [5.74, 6) is -0.242. The largest absolute Gasteiger partial charge is 0.469 e. The number of benzene rings is 1. The number of methoxy groups -OCH3 is 1. The van der Waals surface area contributed by atoms with Crippen LogP contribution in [0.2, 0.25) is 10.0 Å². The molecule has 0 saturated heterocycles. The second kappa shape index (κ2) is 5.74. The Morgan fingerprint density at radius 3 is 2.72 bits per heavy atom. The minimum absolute atomic E-state index is 0.242. The monoisotopic (exact) mass is 300 g/mol. The van der Waals surface area contributed by atoms with Gasteiger partial charge in [-0.2, -0.15) is 0 Å². The number of hydrogen-bond acceptors (Lipinski definition) is 3. The average Bonchev–Trinajstić information content (AvgIpc) is 2.81. The number of rotatable bonds is 3. The van der Waals surface area contributed by atoms with Crippen molar-refractivity contribution in [3.05, 3.63) is 45.3 Å². The summed E-state index contributed by atoms with van der Waals surface area (Å²) in [5.41, 5.74) is 1.93. The Hall–Kier alpha value is -1.03. The van der Waals surface area contributed by atoms with Crippen LogP contribution in [0.15, 0.2) is 29.6 Å². The normalized spacial score (nSPS) is 10.4. The molecule has 0 aliphatic heterocycles. The lowest BCUT2D eigenvalue weighted by molar-refractivity contribution is -0.139. The van der Waals surface area contributed by atoms with Gasteiger partial charge in [0, 0.05) is 4.88 Å². The molecule has 0 unspecified atom stereocenters. The highest BCUT2D eigenvalue weighted by molar-refractivity contribution is 7.13. The van der Waals surface area contributed by atoms with Gasteiger partial charge in [0.2, 0.25) is 0 Å². The van der Waals surface area contributed by atoms with Gasteiger partial charge in [0.25, 0.3) is 0 Å². The van der Waals surface area contributed by atoms with Crippen molar-refractivity contribution in [2.24, 2.45) is 0 Å². The molecule has 0 atom stereocenters. The van der Waals surface area contributed by atoms with Crippen LogP contribution in [-0.2, 0) is 16.0 Å². The van der Waals surface area contributed by atoms with Crippen LogP contribution in [0.4, 0.5) is 0 Å². The lowest BCUT2D eigenvalue weighted by Crippen LogP contribution is -2.03. The molecular formula is C13H10Cl2O2S. The number of esters is 1. The van der Waals surface area contributed by atoms with E-state index in [0.717, 1.165) is 16.0 Å². The van der Waals surface area contributed by atoms with Gasteiger partial charge in [-0.3, -0.25) is 4.79 Å². The van der Waals surface area contributed by atoms with Crippen LogP contribution < -0.4 is 0 Å². The topological polar surface area (TPSA) is 26.3 Å². The number of halogens is 2. The SMILES string of the molecule is COC(=O)Cc1csc(-c2ccc(Cl)c(Cl)c2)c1. The zero-order chi connectivity index (χ0) is 13.1. The Morgan fingerprint density at radius 2 is 2.06 bits per heavy atom. The maximum atomic E-state index is 11.2. The number of carbonyl (C=O) groups is 1. The van der Waals surface area contributed by atoms with Gasteiger partial charge in [0.15, 0.2) is 0 Å². The third kappa shape index (κ3) is 3.05. The van der Waals surface area contributed by atoms with E-state index >= 15 is 0 Å². The van der Waals surface area contributed by atoms with E-state index in [0.29, 0.717) is 10.0 Å². The van der Waals surface area contributed by atoms with Crippen molar-refractivity contribution in [3.63, 3.8) is 0 Å². The van der Waals surface area contributed by atoms with Gasteiger partial charge in [-0.15, -0.1) is 11.3 Å². The molecule has 1 heterocycles. The molecule has 18 heavy (non-hydrogen) atoms. The minimum atomic E-state index is -0.242. The highest BCUT2D eigenvalue weighted by atomic mass is 35.5. The summed E-state index contributed by atoms with van der Waals surface area (Å²) < 4.78 is 4.63. The predicted molar refractivity (Wildman–Crippen MR) is 75.5 cm³/mol. The van der Waals surface area contributed by atoms with E-state index in [1.807, 2.05) is 23.6 Å². The van der Waals surface area contributed by atoms with Crippen molar-refractivity contribution in [3.8, 4) is 10.4 Å². The van der Waals surface area contributed by atoms with E-state index in [4.69, 9.17) is 23.2 Å². The van der Waals surface area contributed by atoms with Crippen molar-refractivity contribution in [1.29, 1.82) is 0 Å². The molecule has 0 aliphatic carbocycles. The molecule has 1 aromatic heterocycles. The van der Waals surface area contributed by atoms with Crippen LogP contribution in [0.25, 0.3) is 10.4 Å². The molecule has 0 radical (unpaired) electrons. The molecule has 0 saturated carbocycles. The van der Waals surface area contributed by atoms with Gasteiger partial charge in [-0.05, 0) is 34.7 Å². The standard InChI is InChI=1S/C13H10Cl2O2S/c1-17-13(16)5-8-4-12(18-7-8)9-2-3-10(14)11(15)6-9/h2-4,6-7H,5H2,1H3. The van der Waals surface area contributed by atoms with Gasteiger partial charge in [0.05, 0.1) is 23.6 Å². The molecule has 2 rings (SSSR count). The summed E-state index contributed by atoms with van der Waals surface area (Å²) in [5, 5.41) is 3.00. The Labute approximate surface area is 119 Å². The first-order valence-corrected chi connectivity index (χ1v) is 6.83. The highest BCUT2D eigenvalue weighted by Gasteiger charge is 2.08. The van der Waals surface area contributed by atoms with Gasteiger partial charge in [0.1, 0.15) is 0 Å². The maximum absolute atomic E-state index is 11.2. The van der Waals surface area contributed by atoms with E-state index in [1.54, 1.807) is 17.4 Å². The molecule has 0 N–H and O–H groups in total. The van der Waals surface area contributed by atoms with E-state index < -0.39 is 0 Å². The quantitative estimate of drug-likeness (QED) is 0.784. The Kier molecular flexibility index (Phi) is 4.27. The summed E-state index contributed by atoms with van der Waals surface area (Å²) in [6.45, 7) is 0. The van der Waals surface area contributed by atoms with Crippen LogP contribution in [-0.4, -0.2) is 13.1 Å². The van der Waals surface area contributed by atoms with Crippen LogP contribution >= 0.6 is 34.5 Å². The van der Waals surface area contributed by atoms with Crippen LogP contribution in [0.1, 0.15) is 5.56 Å². The maximum Gasteiger partial charge on any atom is 0.310 e. The second-order valence-electron chi connectivity index (χ2n) is 3.70.